The van der Waals surface area contributed by atoms with E-state index in [-0.39, 0.29) is 17.2 Å². The fourth-order valence-electron chi connectivity index (χ4n) is 3.31. The number of aliphatic hydroxyl groups excluding tert-OH is 1. The first kappa shape index (κ1) is 18.5. The Hall–Kier alpha value is -1.89. The van der Waals surface area contributed by atoms with Crippen LogP contribution < -0.4 is 0 Å². The zero-order valence-electron chi connectivity index (χ0n) is 14.8. The van der Waals surface area contributed by atoms with Gasteiger partial charge in [-0.05, 0) is 42.3 Å². The molecule has 4 nitrogen and oxygen atoms in total. The highest BCUT2D eigenvalue weighted by atomic mass is 35.5. The zero-order chi connectivity index (χ0) is 19.0. The maximum atomic E-state index is 13.5. The van der Waals surface area contributed by atoms with Gasteiger partial charge in [0.15, 0.2) is 5.82 Å². The zero-order valence-corrected chi connectivity index (χ0v) is 16.4. The fourth-order valence-corrected chi connectivity index (χ4v) is 4.67. The third-order valence-electron chi connectivity index (χ3n) is 4.83. The third kappa shape index (κ3) is 3.61. The van der Waals surface area contributed by atoms with Crippen molar-refractivity contribution in [2.45, 2.75) is 24.6 Å². The van der Waals surface area contributed by atoms with Crippen molar-refractivity contribution in [3.05, 3.63) is 59.1 Å². The van der Waals surface area contributed by atoms with Gasteiger partial charge < -0.3 is 9.67 Å². The molecule has 1 N–H and O–H groups in total. The van der Waals surface area contributed by atoms with E-state index in [1.807, 2.05) is 31.2 Å². The van der Waals surface area contributed by atoms with Gasteiger partial charge in [0.25, 0.3) is 0 Å². The van der Waals surface area contributed by atoms with Crippen LogP contribution in [0.25, 0.3) is 22.5 Å². The van der Waals surface area contributed by atoms with Crippen LogP contribution in [0.1, 0.15) is 12.7 Å². The second kappa shape index (κ2) is 7.26. The average Bonchev–Trinajstić information content (AvgIpc) is 2.95. The lowest BCUT2D eigenvalue weighted by Crippen LogP contribution is -2.28. The minimum Gasteiger partial charge on any atom is -0.395 e. The lowest BCUT2D eigenvalue weighted by molar-refractivity contribution is 0.254. The molecular weight excluding hydrogens is 385 g/mol. The molecule has 140 valence electrons. The van der Waals surface area contributed by atoms with Crippen LogP contribution in [-0.2, 0) is 13.0 Å². The molecule has 3 aromatic rings. The molecule has 1 aliphatic heterocycles. The van der Waals surface area contributed by atoms with Crippen molar-refractivity contribution in [3.8, 4) is 22.5 Å². The van der Waals surface area contributed by atoms with Crippen LogP contribution in [0.3, 0.4) is 0 Å². The van der Waals surface area contributed by atoms with Crippen molar-refractivity contribution in [2.75, 3.05) is 12.4 Å². The largest absolute Gasteiger partial charge is 0.395 e. The van der Waals surface area contributed by atoms with E-state index in [1.165, 1.54) is 12.1 Å². The van der Waals surface area contributed by atoms with Crippen molar-refractivity contribution < 1.29 is 9.50 Å². The number of aliphatic hydroxyl groups is 1. The number of nitrogens with zero attached hydrogens (tertiary/aromatic N) is 3. The number of aromatic nitrogens is 3. The van der Waals surface area contributed by atoms with E-state index in [1.54, 1.807) is 17.8 Å². The molecule has 1 aliphatic rings. The summed E-state index contributed by atoms with van der Waals surface area (Å²) >= 11 is 8.31. The van der Waals surface area contributed by atoms with Gasteiger partial charge in [-0.1, -0.05) is 29.8 Å². The molecule has 0 saturated carbocycles. The van der Waals surface area contributed by atoms with E-state index in [9.17, 15) is 9.50 Å². The second-order valence-electron chi connectivity index (χ2n) is 6.93. The lowest BCUT2D eigenvalue weighted by atomic mass is 10.0. The molecule has 0 spiro atoms. The molecule has 2 heterocycles. The highest BCUT2D eigenvalue weighted by Crippen LogP contribution is 2.36. The average molecular weight is 404 g/mol. The molecular formula is C20H19ClFN3OS. The number of hydrogen-bond acceptors (Lipinski definition) is 4. The van der Waals surface area contributed by atoms with E-state index in [0.717, 1.165) is 40.6 Å². The van der Waals surface area contributed by atoms with Crippen LogP contribution in [0.4, 0.5) is 4.39 Å². The molecule has 27 heavy (non-hydrogen) atoms. The first-order chi connectivity index (χ1) is 13.0. The van der Waals surface area contributed by atoms with E-state index >= 15 is 0 Å². The van der Waals surface area contributed by atoms with E-state index in [4.69, 9.17) is 11.6 Å². The van der Waals surface area contributed by atoms with Crippen molar-refractivity contribution >= 4 is 23.4 Å². The summed E-state index contributed by atoms with van der Waals surface area (Å²) in [5, 5.41) is 19.0. The van der Waals surface area contributed by atoms with E-state index < -0.39 is 0 Å². The number of thioether (sulfide) groups is 1. The molecule has 0 saturated heterocycles. The molecule has 0 bridgehead atoms. The van der Waals surface area contributed by atoms with Crippen molar-refractivity contribution in [3.63, 3.8) is 0 Å². The first-order valence-corrected chi connectivity index (χ1v) is 10.1. The van der Waals surface area contributed by atoms with Gasteiger partial charge in [0.05, 0.1) is 11.6 Å². The molecule has 0 radical (unpaired) electrons. The van der Waals surface area contributed by atoms with Gasteiger partial charge in [-0.25, -0.2) is 4.39 Å². The predicted octanol–water partition coefficient (Wildman–Crippen LogP) is 4.44. The monoisotopic (exact) mass is 403 g/mol. The summed E-state index contributed by atoms with van der Waals surface area (Å²) in [5.74, 6) is 2.17. The van der Waals surface area contributed by atoms with Gasteiger partial charge in [-0.2, -0.15) is 11.8 Å². The van der Waals surface area contributed by atoms with Crippen molar-refractivity contribution in [1.29, 1.82) is 0 Å². The molecule has 1 aromatic heterocycles. The Bertz CT molecular complexity index is 993. The van der Waals surface area contributed by atoms with Crippen LogP contribution in [-0.4, -0.2) is 37.0 Å². The lowest BCUT2D eigenvalue weighted by Gasteiger charge is -2.23. The third-order valence-corrected chi connectivity index (χ3v) is 6.50. The number of benzene rings is 2. The Morgan fingerprint density at radius 3 is 2.78 bits per heavy atom. The number of halogens is 2. The summed E-state index contributed by atoms with van der Waals surface area (Å²) in [4.78, 5) is 0. The maximum Gasteiger partial charge on any atom is 0.165 e. The number of rotatable bonds is 3. The first-order valence-electron chi connectivity index (χ1n) is 8.72. The number of hydrogen-bond donors (Lipinski definition) is 1. The summed E-state index contributed by atoms with van der Waals surface area (Å²) in [5.41, 5.74) is 2.43. The van der Waals surface area contributed by atoms with Gasteiger partial charge in [0.2, 0.25) is 0 Å². The van der Waals surface area contributed by atoms with Gasteiger partial charge in [0.1, 0.15) is 11.6 Å². The van der Waals surface area contributed by atoms with E-state index in [2.05, 4.69) is 14.8 Å². The van der Waals surface area contributed by atoms with Gasteiger partial charge in [0, 0.05) is 29.0 Å². The van der Waals surface area contributed by atoms with Crippen LogP contribution >= 0.6 is 23.4 Å². The minimum atomic E-state index is -0.278. The topological polar surface area (TPSA) is 50.9 Å². The van der Waals surface area contributed by atoms with Crippen LogP contribution in [0, 0.1) is 5.82 Å². The molecule has 0 amide bonds. The summed E-state index contributed by atoms with van der Waals surface area (Å²) in [7, 11) is 0. The van der Waals surface area contributed by atoms with Gasteiger partial charge in [-0.3, -0.25) is 0 Å². The summed E-state index contributed by atoms with van der Waals surface area (Å²) < 4.78 is 15.3. The Morgan fingerprint density at radius 2 is 2.04 bits per heavy atom. The maximum absolute atomic E-state index is 13.5. The Morgan fingerprint density at radius 1 is 1.22 bits per heavy atom. The van der Waals surface area contributed by atoms with Gasteiger partial charge in [-0.15, -0.1) is 10.2 Å². The van der Waals surface area contributed by atoms with Crippen LogP contribution in [0.15, 0.2) is 42.5 Å². The molecule has 1 atom stereocenters. The normalized spacial score (nSPS) is 19.6. The smallest absolute Gasteiger partial charge is 0.165 e. The fraction of sp³-hybridized carbons (Fsp3) is 0.300. The standard InChI is InChI=1S/C20H19ClFN3OS/c1-20(12-26)11-18-23-24-19(25(18)7-8-27-20)16-6-5-14(10-17(16)21)13-3-2-4-15(22)9-13/h2-6,9-10,26H,7-8,11-12H2,1H3. The SMILES string of the molecule is CC1(CO)Cc2nnc(-c3ccc(-c4cccc(F)c4)cc3Cl)n2CCS1. The molecule has 0 fully saturated rings. The summed E-state index contributed by atoms with van der Waals surface area (Å²) in [6, 6.07) is 12.1. The highest BCUT2D eigenvalue weighted by Gasteiger charge is 2.31. The number of fused-ring (bicyclic) bond motifs is 1. The van der Waals surface area contributed by atoms with Crippen LogP contribution in [0.2, 0.25) is 5.02 Å². The summed E-state index contributed by atoms with van der Waals surface area (Å²) in [6.45, 7) is 2.91. The quantitative estimate of drug-likeness (QED) is 0.702. The molecule has 7 heteroatoms. The Balaban J connectivity index is 1.71. The summed E-state index contributed by atoms with van der Waals surface area (Å²) in [6.07, 6.45) is 0.653. The highest BCUT2D eigenvalue weighted by molar-refractivity contribution is 8.00. The second-order valence-corrected chi connectivity index (χ2v) is 9.02. The predicted molar refractivity (Wildman–Crippen MR) is 108 cm³/mol. The Labute approximate surface area is 166 Å². The molecule has 4 rings (SSSR count). The van der Waals surface area contributed by atoms with E-state index in [0.29, 0.717) is 11.4 Å². The van der Waals surface area contributed by atoms with Crippen LogP contribution in [0.5, 0.6) is 0 Å². The van der Waals surface area contributed by atoms with Gasteiger partial charge >= 0.3 is 0 Å². The minimum absolute atomic E-state index is 0.100. The molecule has 0 aliphatic carbocycles. The molecule has 2 aromatic carbocycles. The van der Waals surface area contributed by atoms with Crippen molar-refractivity contribution in [1.82, 2.24) is 14.8 Å². The molecule has 1 unspecified atom stereocenters. The Kier molecular flexibility index (Phi) is 4.97. The van der Waals surface area contributed by atoms with Crippen molar-refractivity contribution in [2.24, 2.45) is 0 Å².